The summed E-state index contributed by atoms with van der Waals surface area (Å²) < 4.78 is 30.5. The van der Waals surface area contributed by atoms with E-state index in [1.165, 1.54) is 0 Å². The van der Waals surface area contributed by atoms with Crippen LogP contribution in [0.3, 0.4) is 0 Å². The van der Waals surface area contributed by atoms with E-state index in [1.807, 2.05) is 0 Å². The van der Waals surface area contributed by atoms with E-state index in [0.717, 1.165) is 0 Å². The first kappa shape index (κ1) is 7.73. The first-order valence-electron chi connectivity index (χ1n) is 5.62. The lowest BCUT2D eigenvalue weighted by atomic mass is 10.6. The molecule has 5 nitrogen and oxygen atoms in total. The van der Waals surface area contributed by atoms with Crippen molar-refractivity contribution in [3.63, 3.8) is 0 Å². The Morgan fingerprint density at radius 1 is 1.38 bits per heavy atom. The molecule has 3 N–H and O–H groups in total. The van der Waals surface area contributed by atoms with Crippen LogP contribution < -0.4 is 11.1 Å². The highest BCUT2D eigenvalue weighted by molar-refractivity contribution is 5.72. The van der Waals surface area contributed by atoms with Gasteiger partial charge in [-0.2, -0.15) is 0 Å². The lowest BCUT2D eigenvalue weighted by Gasteiger charge is -2.04. The van der Waals surface area contributed by atoms with E-state index in [9.17, 15) is 4.79 Å². The summed E-state index contributed by atoms with van der Waals surface area (Å²) in [6, 6.07) is 0. The van der Waals surface area contributed by atoms with Gasteiger partial charge in [0, 0.05) is 24.1 Å². The van der Waals surface area contributed by atoms with Gasteiger partial charge in [-0.1, -0.05) is 0 Å². The number of carbonyl (C=O) groups excluding carboxylic acids is 1. The topological polar surface area (TPSA) is 73.6 Å². The summed E-state index contributed by atoms with van der Waals surface area (Å²) in [7, 11) is 0. The third kappa shape index (κ3) is 11.3. The van der Waals surface area contributed by atoms with Gasteiger partial charge in [0.25, 0.3) is 0 Å². The van der Waals surface area contributed by atoms with Crippen molar-refractivity contribution in [2.45, 2.75) is 6.85 Å². The minimum absolute atomic E-state index is 0.175. The molecular weight excluding hydrogens is 172 g/mol. The monoisotopic (exact) mass is 193 g/mol. The highest BCUT2D eigenvalue weighted by Gasteiger charge is 1.91. The summed E-state index contributed by atoms with van der Waals surface area (Å²) >= 11 is 0. The Kier molecular flexibility index (Phi) is 5.61. The molecule has 0 aliphatic heterocycles. The number of hydrogen-bond donors (Lipinski definition) is 2. The summed E-state index contributed by atoms with van der Waals surface area (Å²) in [6.07, 6.45) is 0. The van der Waals surface area contributed by atoms with Crippen molar-refractivity contribution >= 4 is 5.91 Å². The number of hydrogen-bond acceptors (Lipinski definition) is 4. The standard InChI is InChI=1S/C8H18N2O3/c1-8(11)10-3-5-13-7-6-12-4-2-9/h2-7,9H2,1H3,(H,10,11)/i1D3. The molecule has 0 spiro atoms. The molecular formula is C8H18N2O3. The fourth-order valence-electron chi connectivity index (χ4n) is 0.642. The molecule has 0 radical (unpaired) electrons. The van der Waals surface area contributed by atoms with Crippen LogP contribution in [0, 0.1) is 0 Å². The predicted molar refractivity (Wildman–Crippen MR) is 49.4 cm³/mol. The van der Waals surface area contributed by atoms with Crippen LogP contribution in [0.2, 0.25) is 0 Å². The molecule has 0 aliphatic carbocycles. The van der Waals surface area contributed by atoms with Gasteiger partial charge in [0.15, 0.2) is 0 Å². The van der Waals surface area contributed by atoms with Gasteiger partial charge in [-0.25, -0.2) is 0 Å². The molecule has 0 aliphatic rings. The zero-order valence-corrected chi connectivity index (χ0v) is 7.54. The molecule has 0 aromatic heterocycles. The fraction of sp³-hybridized carbons (Fsp3) is 0.875. The maximum atomic E-state index is 10.9. The number of nitrogens with one attached hydrogen (secondary N) is 1. The van der Waals surface area contributed by atoms with Crippen LogP contribution in [0.5, 0.6) is 0 Å². The zero-order valence-electron chi connectivity index (χ0n) is 10.5. The smallest absolute Gasteiger partial charge is 0.216 e. The Bertz CT molecular complexity index is 199. The highest BCUT2D eigenvalue weighted by Crippen LogP contribution is 1.77. The van der Waals surface area contributed by atoms with Crippen molar-refractivity contribution in [1.82, 2.24) is 5.32 Å². The molecule has 0 saturated carbocycles. The van der Waals surface area contributed by atoms with E-state index in [1.54, 1.807) is 0 Å². The van der Waals surface area contributed by atoms with Crippen LogP contribution in [0.25, 0.3) is 0 Å². The van der Waals surface area contributed by atoms with E-state index in [-0.39, 0.29) is 13.2 Å². The summed E-state index contributed by atoms with van der Waals surface area (Å²) in [5, 5.41) is 2.24. The van der Waals surface area contributed by atoms with E-state index < -0.39 is 12.8 Å². The third-order valence-electron chi connectivity index (χ3n) is 1.17. The zero-order chi connectivity index (χ0) is 12.4. The molecule has 0 rings (SSSR count). The normalized spacial score (nSPS) is 14.4. The molecule has 0 fully saturated rings. The molecule has 0 bridgehead atoms. The Morgan fingerprint density at radius 3 is 2.69 bits per heavy atom. The van der Waals surface area contributed by atoms with Gasteiger partial charge in [0.1, 0.15) is 0 Å². The summed E-state index contributed by atoms with van der Waals surface area (Å²) in [4.78, 5) is 10.9. The minimum atomic E-state index is -2.59. The van der Waals surface area contributed by atoms with Crippen LogP contribution in [-0.2, 0) is 14.3 Å². The van der Waals surface area contributed by atoms with Crippen molar-refractivity contribution < 1.29 is 18.4 Å². The van der Waals surface area contributed by atoms with Gasteiger partial charge in [0.05, 0.1) is 26.4 Å². The molecule has 13 heavy (non-hydrogen) atoms. The van der Waals surface area contributed by atoms with Gasteiger partial charge in [-0.15, -0.1) is 0 Å². The molecule has 5 heteroatoms. The molecule has 1 amide bonds. The van der Waals surface area contributed by atoms with Crippen molar-refractivity contribution in [2.75, 3.05) is 39.5 Å². The van der Waals surface area contributed by atoms with Gasteiger partial charge in [0.2, 0.25) is 5.91 Å². The van der Waals surface area contributed by atoms with Gasteiger partial charge in [-0.05, 0) is 0 Å². The second-order valence-electron chi connectivity index (χ2n) is 2.27. The molecule has 0 unspecified atom stereocenters. The first-order valence-corrected chi connectivity index (χ1v) is 4.12. The van der Waals surface area contributed by atoms with Crippen molar-refractivity contribution in [3.05, 3.63) is 0 Å². The SMILES string of the molecule is [2H]C([2H])([2H])C(=O)NCCOCCOCCN. The average molecular weight is 193 g/mol. The molecule has 0 aromatic rings. The van der Waals surface area contributed by atoms with E-state index in [0.29, 0.717) is 26.4 Å². The second kappa shape index (κ2) is 9.44. The third-order valence-corrected chi connectivity index (χ3v) is 1.17. The van der Waals surface area contributed by atoms with Crippen LogP contribution in [0.4, 0.5) is 0 Å². The van der Waals surface area contributed by atoms with E-state index in [2.05, 4.69) is 5.32 Å². The van der Waals surface area contributed by atoms with Gasteiger partial charge >= 0.3 is 0 Å². The van der Waals surface area contributed by atoms with Gasteiger partial charge < -0.3 is 20.5 Å². The lowest BCUT2D eigenvalue weighted by Crippen LogP contribution is -2.25. The average Bonchev–Trinajstić information content (AvgIpc) is 2.20. The highest BCUT2D eigenvalue weighted by atomic mass is 16.5. The summed E-state index contributed by atoms with van der Waals surface area (Å²) in [5.74, 6) is -0.963. The quantitative estimate of drug-likeness (QED) is 0.491. The number of nitrogens with two attached hydrogens (primary N) is 1. The Balaban J connectivity index is 3.25. The second-order valence-corrected chi connectivity index (χ2v) is 2.27. The molecule has 0 saturated heterocycles. The number of rotatable bonds is 8. The van der Waals surface area contributed by atoms with Crippen molar-refractivity contribution in [3.8, 4) is 0 Å². The lowest BCUT2D eigenvalue weighted by molar-refractivity contribution is -0.119. The molecule has 0 atom stereocenters. The van der Waals surface area contributed by atoms with Crippen LogP contribution in [-0.4, -0.2) is 45.4 Å². The van der Waals surface area contributed by atoms with Crippen molar-refractivity contribution in [1.29, 1.82) is 0 Å². The molecule has 78 valence electrons. The largest absolute Gasteiger partial charge is 0.378 e. The Labute approximate surface area is 82.8 Å². The van der Waals surface area contributed by atoms with E-state index in [4.69, 9.17) is 19.3 Å². The Hall–Kier alpha value is -0.650. The predicted octanol–water partition coefficient (Wildman–Crippen LogP) is -0.886. The van der Waals surface area contributed by atoms with Crippen molar-refractivity contribution in [2.24, 2.45) is 5.73 Å². The molecule has 0 aromatic carbocycles. The summed E-state index contributed by atoms with van der Waals surface area (Å²) in [5.41, 5.74) is 5.20. The number of amides is 1. The minimum Gasteiger partial charge on any atom is -0.378 e. The van der Waals surface area contributed by atoms with Crippen LogP contribution in [0.1, 0.15) is 11.0 Å². The van der Waals surface area contributed by atoms with E-state index >= 15 is 0 Å². The summed E-state index contributed by atoms with van der Waals surface area (Å²) in [6.45, 7) is -0.381. The maximum Gasteiger partial charge on any atom is 0.216 e. The van der Waals surface area contributed by atoms with Crippen LogP contribution in [0.15, 0.2) is 0 Å². The van der Waals surface area contributed by atoms with Crippen LogP contribution >= 0.6 is 0 Å². The fourth-order valence-corrected chi connectivity index (χ4v) is 0.642. The first-order chi connectivity index (χ1) is 7.48. The molecule has 0 heterocycles. The Morgan fingerprint density at radius 2 is 2.08 bits per heavy atom. The number of ether oxygens (including phenoxy) is 2. The maximum absolute atomic E-state index is 10.9. The number of carbonyl (C=O) groups is 1. The van der Waals surface area contributed by atoms with Gasteiger partial charge in [-0.3, -0.25) is 4.79 Å².